The molecule has 2 aromatic carbocycles. The van der Waals surface area contributed by atoms with Crippen LogP contribution in [0.2, 0.25) is 0 Å². The Bertz CT molecular complexity index is 1650. The van der Waals surface area contributed by atoms with E-state index in [1.807, 2.05) is 47.5 Å². The van der Waals surface area contributed by atoms with Crippen LogP contribution in [-0.4, -0.2) is 70.6 Å². The van der Waals surface area contributed by atoms with Gasteiger partial charge in [0, 0.05) is 49.4 Å². The van der Waals surface area contributed by atoms with Gasteiger partial charge in [0.25, 0.3) is 5.91 Å². The third kappa shape index (κ3) is 5.59. The highest BCUT2D eigenvalue weighted by atomic mass is 32.2. The van der Waals surface area contributed by atoms with Crippen LogP contribution in [0.25, 0.3) is 23.0 Å². The summed E-state index contributed by atoms with van der Waals surface area (Å²) in [5.41, 5.74) is 8.17. The molecule has 2 fully saturated rings. The Labute approximate surface area is 243 Å². The molecule has 12 heteroatoms. The summed E-state index contributed by atoms with van der Waals surface area (Å²) < 4.78 is 29.8. The Morgan fingerprint density at radius 1 is 1.00 bits per heavy atom. The number of likely N-dealkylation sites (tertiary alicyclic amines) is 1. The highest BCUT2D eigenvalue weighted by molar-refractivity contribution is 8.18. The number of nitrogens with zero attached hydrogens (tertiary/aromatic N) is 5. The molecule has 10 nitrogen and oxygen atoms in total. The van der Waals surface area contributed by atoms with Gasteiger partial charge in [0.2, 0.25) is 15.9 Å². The average molecular weight is 591 g/mol. The second-order valence-corrected chi connectivity index (χ2v) is 13.3. The maximum atomic E-state index is 13.3. The van der Waals surface area contributed by atoms with Crippen molar-refractivity contribution in [2.75, 3.05) is 26.2 Å². The lowest BCUT2D eigenvalue weighted by atomic mass is 9.97. The molecule has 0 aliphatic carbocycles. The smallest absolute Gasteiger partial charge is 0.286 e. The van der Waals surface area contributed by atoms with E-state index in [2.05, 4.69) is 4.99 Å². The monoisotopic (exact) mass is 590 g/mol. The van der Waals surface area contributed by atoms with Gasteiger partial charge >= 0.3 is 0 Å². The Balaban J connectivity index is 1.33. The van der Waals surface area contributed by atoms with Gasteiger partial charge in [0.15, 0.2) is 5.17 Å². The van der Waals surface area contributed by atoms with Crippen molar-refractivity contribution in [1.29, 1.82) is 0 Å². The van der Waals surface area contributed by atoms with Gasteiger partial charge in [0.05, 0.1) is 15.5 Å². The number of amides is 2. The van der Waals surface area contributed by atoms with E-state index in [1.54, 1.807) is 29.0 Å². The van der Waals surface area contributed by atoms with Crippen LogP contribution in [0.15, 0.2) is 75.6 Å². The summed E-state index contributed by atoms with van der Waals surface area (Å²) in [4.78, 5) is 31.5. The number of thioether (sulfide) groups is 1. The van der Waals surface area contributed by atoms with Crippen LogP contribution in [0.5, 0.6) is 0 Å². The number of primary amides is 1. The third-order valence-corrected chi connectivity index (χ3v) is 10.6. The van der Waals surface area contributed by atoms with Crippen LogP contribution in [-0.2, 0) is 19.6 Å². The number of hydrogen-bond acceptors (Lipinski definition) is 7. The molecule has 0 atom stereocenters. The molecule has 0 unspecified atom stereocenters. The van der Waals surface area contributed by atoms with Gasteiger partial charge in [-0.25, -0.2) is 13.1 Å². The lowest BCUT2D eigenvalue weighted by molar-refractivity contribution is -0.123. The van der Waals surface area contributed by atoms with Gasteiger partial charge in [-0.2, -0.15) is 14.4 Å². The summed E-state index contributed by atoms with van der Waals surface area (Å²) in [5, 5.41) is 5.43. The highest BCUT2D eigenvalue weighted by Crippen LogP contribution is 2.35. The van der Waals surface area contributed by atoms with Gasteiger partial charge in [-0.3, -0.25) is 9.59 Å². The second kappa shape index (κ2) is 11.3. The first-order valence-corrected chi connectivity index (χ1v) is 15.9. The first-order valence-electron chi connectivity index (χ1n) is 13.6. The third-order valence-electron chi connectivity index (χ3n) is 7.64. The van der Waals surface area contributed by atoms with Crippen molar-refractivity contribution in [3.05, 3.63) is 71.3 Å². The van der Waals surface area contributed by atoms with Crippen molar-refractivity contribution in [2.24, 2.45) is 16.6 Å². The van der Waals surface area contributed by atoms with Gasteiger partial charge in [-0.05, 0) is 67.8 Å². The largest absolute Gasteiger partial charge is 0.369 e. The number of piperidine rings is 1. The number of aliphatic imine (C=N–C) groups is 1. The lowest BCUT2D eigenvalue weighted by Crippen LogP contribution is -2.40. The fraction of sp³-hybridized carbons (Fsp3) is 0.310. The molecule has 212 valence electrons. The van der Waals surface area contributed by atoms with E-state index in [4.69, 9.17) is 10.8 Å². The molecular weight excluding hydrogens is 560 g/mol. The van der Waals surface area contributed by atoms with Crippen molar-refractivity contribution in [2.45, 2.75) is 30.6 Å². The van der Waals surface area contributed by atoms with Crippen molar-refractivity contribution in [1.82, 2.24) is 19.0 Å². The normalized spacial score (nSPS) is 19.7. The summed E-state index contributed by atoms with van der Waals surface area (Å²) >= 11 is 1.29. The zero-order valence-corrected chi connectivity index (χ0v) is 24.0. The molecular formula is C29H30N6O4S2. The second-order valence-electron chi connectivity index (χ2n) is 10.3. The molecule has 2 amide bonds. The van der Waals surface area contributed by atoms with Crippen molar-refractivity contribution >= 4 is 44.8 Å². The molecule has 3 aliphatic heterocycles. The van der Waals surface area contributed by atoms with Gasteiger partial charge in [-0.15, -0.1) is 0 Å². The predicted octanol–water partition coefficient (Wildman–Crippen LogP) is 3.49. The topological polar surface area (TPSA) is 131 Å². The van der Waals surface area contributed by atoms with Gasteiger partial charge < -0.3 is 10.6 Å². The Morgan fingerprint density at radius 3 is 2.44 bits per heavy atom. The number of aromatic nitrogens is 2. The van der Waals surface area contributed by atoms with Crippen LogP contribution < -0.4 is 5.73 Å². The molecule has 3 aromatic rings. The SMILES string of the molecule is NC(=O)C1CCN(C2=NC(=O)/C(=C/c3cn(-c4ccccc4)nc3-c3cccc(S(=O)(=O)N4CCCC4)c3)S2)CC1. The number of benzene rings is 2. The van der Waals surface area contributed by atoms with E-state index in [0.717, 1.165) is 18.5 Å². The molecule has 2 N–H and O–H groups in total. The Kier molecular flexibility index (Phi) is 7.54. The summed E-state index contributed by atoms with van der Waals surface area (Å²) in [5.74, 6) is -0.784. The zero-order valence-electron chi connectivity index (χ0n) is 22.3. The maximum Gasteiger partial charge on any atom is 0.286 e. The fourth-order valence-electron chi connectivity index (χ4n) is 5.34. The van der Waals surface area contributed by atoms with E-state index >= 15 is 0 Å². The minimum absolute atomic E-state index is 0.152. The number of para-hydroxylation sites is 1. The quantitative estimate of drug-likeness (QED) is 0.435. The standard InChI is InChI=1S/C29H30N6O4S2/c30-27(36)20-11-15-33(16-12-20)29-31-28(37)25(40-29)18-22-19-35(23-8-2-1-3-9-23)32-26(22)21-7-6-10-24(17-21)41(38,39)34-13-4-5-14-34/h1-3,6-10,17-20H,4-5,11-16H2,(H2,30,36)/b25-18-. The zero-order chi connectivity index (χ0) is 28.6. The number of carbonyl (C=O) groups excluding carboxylic acids is 2. The van der Waals surface area contributed by atoms with E-state index in [1.165, 1.54) is 16.1 Å². The predicted molar refractivity (Wildman–Crippen MR) is 158 cm³/mol. The van der Waals surface area contributed by atoms with Crippen LogP contribution in [0.4, 0.5) is 0 Å². The molecule has 0 radical (unpaired) electrons. The van der Waals surface area contributed by atoms with Crippen molar-refractivity contribution in [3.63, 3.8) is 0 Å². The first-order chi connectivity index (χ1) is 19.8. The number of nitrogens with two attached hydrogens (primary N) is 1. The van der Waals surface area contributed by atoms with Crippen LogP contribution in [0.1, 0.15) is 31.2 Å². The van der Waals surface area contributed by atoms with Gasteiger partial charge in [0.1, 0.15) is 5.69 Å². The lowest BCUT2D eigenvalue weighted by Gasteiger charge is -2.31. The number of hydrogen-bond donors (Lipinski definition) is 1. The molecule has 1 aromatic heterocycles. The Morgan fingerprint density at radius 2 is 1.73 bits per heavy atom. The van der Waals surface area contributed by atoms with E-state index in [0.29, 0.717) is 65.9 Å². The minimum Gasteiger partial charge on any atom is -0.369 e. The van der Waals surface area contributed by atoms with Crippen LogP contribution >= 0.6 is 11.8 Å². The number of carbonyl (C=O) groups is 2. The van der Waals surface area contributed by atoms with Crippen LogP contribution in [0, 0.1) is 5.92 Å². The fourth-order valence-corrected chi connectivity index (χ4v) is 7.86. The van der Waals surface area contributed by atoms with Crippen LogP contribution in [0.3, 0.4) is 0 Å². The van der Waals surface area contributed by atoms with E-state index in [-0.39, 0.29) is 22.6 Å². The highest BCUT2D eigenvalue weighted by Gasteiger charge is 2.31. The summed E-state index contributed by atoms with van der Waals surface area (Å²) in [6, 6.07) is 16.4. The summed E-state index contributed by atoms with van der Waals surface area (Å²) in [6.07, 6.45) is 6.58. The molecule has 0 bridgehead atoms. The molecule has 4 heterocycles. The first kappa shape index (κ1) is 27.4. The minimum atomic E-state index is -3.62. The molecule has 0 spiro atoms. The summed E-state index contributed by atoms with van der Waals surface area (Å²) in [7, 11) is -3.62. The number of amidine groups is 1. The van der Waals surface area contributed by atoms with E-state index in [9.17, 15) is 18.0 Å². The number of rotatable bonds is 6. The summed E-state index contributed by atoms with van der Waals surface area (Å²) in [6.45, 7) is 2.26. The van der Waals surface area contributed by atoms with Crippen molar-refractivity contribution < 1.29 is 18.0 Å². The average Bonchev–Trinajstić information content (AvgIpc) is 3.75. The molecule has 2 saturated heterocycles. The molecule has 0 saturated carbocycles. The molecule has 6 rings (SSSR count). The Hall–Kier alpha value is -3.74. The van der Waals surface area contributed by atoms with Crippen molar-refractivity contribution in [3.8, 4) is 16.9 Å². The number of sulfonamides is 1. The van der Waals surface area contributed by atoms with Gasteiger partial charge in [-0.1, -0.05) is 30.3 Å². The van der Waals surface area contributed by atoms with E-state index < -0.39 is 10.0 Å². The maximum absolute atomic E-state index is 13.3. The molecule has 3 aliphatic rings. The molecule has 41 heavy (non-hydrogen) atoms.